The van der Waals surface area contributed by atoms with Gasteiger partial charge in [0, 0.05) is 18.0 Å². The lowest BCUT2D eigenvalue weighted by Crippen LogP contribution is -2.21. The topological polar surface area (TPSA) is 119 Å². The van der Waals surface area contributed by atoms with E-state index in [1.807, 2.05) is 37.3 Å². The van der Waals surface area contributed by atoms with Gasteiger partial charge >= 0.3 is 0 Å². The van der Waals surface area contributed by atoms with Crippen LogP contribution in [-0.4, -0.2) is 28.9 Å². The number of allylic oxidation sites excluding steroid dienone is 1. The number of aromatic amines is 1. The predicted molar refractivity (Wildman–Crippen MR) is 105 cm³/mol. The number of ether oxygens (including phenoxy) is 3. The second kappa shape index (κ2) is 7.56. The molecule has 0 saturated carbocycles. The van der Waals surface area contributed by atoms with Crippen LogP contribution in [0.15, 0.2) is 54.2 Å². The summed E-state index contributed by atoms with van der Waals surface area (Å²) in [6, 6.07) is 11.5. The number of benzene rings is 1. The number of pyridine rings is 1. The van der Waals surface area contributed by atoms with Gasteiger partial charge in [-0.3, -0.25) is 10.1 Å². The Morgan fingerprint density at radius 1 is 1.24 bits per heavy atom. The largest absolute Gasteiger partial charge is 0.493 e. The fraction of sp³-hybridized carbons (Fsp3) is 0.190. The SMILES string of the molecule is CCOc1ccc(-c2[nH]nc3c2[C@@H](c2ccncc2)C(C#N)=C(N)O3)cc1OC. The summed E-state index contributed by atoms with van der Waals surface area (Å²) < 4.78 is 16.7. The van der Waals surface area contributed by atoms with Crippen LogP contribution < -0.4 is 19.9 Å². The number of nitrogens with one attached hydrogen (secondary N) is 1. The van der Waals surface area contributed by atoms with E-state index in [0.717, 1.165) is 16.7 Å². The lowest BCUT2D eigenvalue weighted by atomic mass is 9.83. The van der Waals surface area contributed by atoms with Crippen LogP contribution >= 0.6 is 0 Å². The molecule has 146 valence electrons. The van der Waals surface area contributed by atoms with Gasteiger partial charge in [-0.15, -0.1) is 5.10 Å². The number of H-pyrrole nitrogens is 1. The third-order valence-electron chi connectivity index (χ3n) is 4.73. The average Bonchev–Trinajstić information content (AvgIpc) is 3.17. The van der Waals surface area contributed by atoms with E-state index >= 15 is 0 Å². The number of aromatic nitrogens is 3. The van der Waals surface area contributed by atoms with Gasteiger partial charge in [0.15, 0.2) is 11.5 Å². The fourth-order valence-electron chi connectivity index (χ4n) is 3.45. The van der Waals surface area contributed by atoms with Crippen LogP contribution in [0.3, 0.4) is 0 Å². The molecule has 1 aliphatic rings. The molecule has 1 atom stereocenters. The van der Waals surface area contributed by atoms with E-state index in [1.165, 1.54) is 0 Å². The number of nitrogens with zero attached hydrogens (tertiary/aromatic N) is 3. The first-order chi connectivity index (χ1) is 14.2. The summed E-state index contributed by atoms with van der Waals surface area (Å²) in [6.45, 7) is 2.44. The van der Waals surface area contributed by atoms with Gasteiger partial charge in [-0.05, 0) is 42.8 Å². The molecule has 1 aromatic carbocycles. The van der Waals surface area contributed by atoms with E-state index < -0.39 is 5.92 Å². The van der Waals surface area contributed by atoms with Crippen molar-refractivity contribution in [2.24, 2.45) is 5.73 Å². The Labute approximate surface area is 167 Å². The van der Waals surface area contributed by atoms with Crippen molar-refractivity contribution in [2.45, 2.75) is 12.8 Å². The summed E-state index contributed by atoms with van der Waals surface area (Å²) in [7, 11) is 1.59. The third-order valence-corrected chi connectivity index (χ3v) is 4.73. The Hall–Kier alpha value is -3.99. The summed E-state index contributed by atoms with van der Waals surface area (Å²) >= 11 is 0. The Bertz CT molecular complexity index is 1120. The van der Waals surface area contributed by atoms with Crippen molar-refractivity contribution in [3.8, 4) is 34.7 Å². The number of methoxy groups -OCH3 is 1. The highest BCUT2D eigenvalue weighted by Gasteiger charge is 2.35. The molecule has 1 aliphatic heterocycles. The number of nitrogens with two attached hydrogens (primary N) is 1. The van der Waals surface area contributed by atoms with E-state index in [0.29, 0.717) is 35.3 Å². The van der Waals surface area contributed by atoms with Gasteiger partial charge in [-0.25, -0.2) is 0 Å². The Morgan fingerprint density at radius 3 is 2.72 bits per heavy atom. The zero-order valence-electron chi connectivity index (χ0n) is 16.0. The fourth-order valence-corrected chi connectivity index (χ4v) is 3.45. The molecule has 29 heavy (non-hydrogen) atoms. The van der Waals surface area contributed by atoms with Crippen LogP contribution in [0.4, 0.5) is 0 Å². The molecule has 3 heterocycles. The molecular formula is C21H19N5O3. The molecule has 0 bridgehead atoms. The van der Waals surface area contributed by atoms with Crippen molar-refractivity contribution in [1.82, 2.24) is 15.2 Å². The van der Waals surface area contributed by atoms with Gasteiger partial charge < -0.3 is 19.9 Å². The molecule has 8 nitrogen and oxygen atoms in total. The zero-order valence-corrected chi connectivity index (χ0v) is 16.0. The molecule has 0 fully saturated rings. The second-order valence-corrected chi connectivity index (χ2v) is 6.32. The predicted octanol–water partition coefficient (Wildman–Crippen LogP) is 3.10. The monoisotopic (exact) mass is 389 g/mol. The molecule has 0 unspecified atom stereocenters. The highest BCUT2D eigenvalue weighted by molar-refractivity contribution is 5.72. The lowest BCUT2D eigenvalue weighted by molar-refractivity contribution is 0.311. The molecule has 4 rings (SSSR count). The van der Waals surface area contributed by atoms with E-state index in [1.54, 1.807) is 19.5 Å². The summed E-state index contributed by atoms with van der Waals surface area (Å²) in [4.78, 5) is 4.07. The normalized spacial score (nSPS) is 15.3. The Balaban J connectivity index is 1.89. The van der Waals surface area contributed by atoms with E-state index in [9.17, 15) is 5.26 Å². The minimum atomic E-state index is -0.432. The van der Waals surface area contributed by atoms with Gasteiger partial charge in [-0.1, -0.05) is 0 Å². The van der Waals surface area contributed by atoms with Crippen LogP contribution in [0, 0.1) is 11.3 Å². The van der Waals surface area contributed by atoms with Gasteiger partial charge in [0.2, 0.25) is 11.8 Å². The van der Waals surface area contributed by atoms with Crippen LogP contribution in [0.25, 0.3) is 11.3 Å². The van der Waals surface area contributed by atoms with Crippen molar-refractivity contribution < 1.29 is 14.2 Å². The molecule has 0 spiro atoms. The molecule has 2 aromatic heterocycles. The van der Waals surface area contributed by atoms with E-state index in [2.05, 4.69) is 21.3 Å². The Kier molecular flexibility index (Phi) is 4.79. The summed E-state index contributed by atoms with van der Waals surface area (Å²) in [5, 5.41) is 17.1. The first kappa shape index (κ1) is 18.4. The number of rotatable bonds is 5. The standard InChI is InChI=1S/C21H19N5O3/c1-3-28-15-5-4-13(10-16(15)27-2)19-18-17(12-6-8-24-9-7-12)14(11-22)20(23)29-21(18)26-25-19/h4-10,17H,3,23H2,1-2H3,(H,25,26)/t17-/m0/s1. The van der Waals surface area contributed by atoms with Crippen molar-refractivity contribution in [3.05, 3.63) is 65.3 Å². The van der Waals surface area contributed by atoms with Crippen molar-refractivity contribution in [2.75, 3.05) is 13.7 Å². The van der Waals surface area contributed by atoms with Crippen LogP contribution in [0.2, 0.25) is 0 Å². The molecule has 0 radical (unpaired) electrons. The zero-order chi connectivity index (χ0) is 20.4. The summed E-state index contributed by atoms with van der Waals surface area (Å²) in [6.07, 6.45) is 3.35. The highest BCUT2D eigenvalue weighted by Crippen LogP contribution is 2.46. The molecule has 0 amide bonds. The van der Waals surface area contributed by atoms with Crippen molar-refractivity contribution in [3.63, 3.8) is 0 Å². The second-order valence-electron chi connectivity index (χ2n) is 6.32. The van der Waals surface area contributed by atoms with Crippen molar-refractivity contribution >= 4 is 0 Å². The first-order valence-corrected chi connectivity index (χ1v) is 9.04. The molecular weight excluding hydrogens is 370 g/mol. The molecule has 0 aliphatic carbocycles. The molecule has 0 saturated heterocycles. The first-order valence-electron chi connectivity index (χ1n) is 9.04. The maximum Gasteiger partial charge on any atom is 0.244 e. The number of hydrogen-bond donors (Lipinski definition) is 2. The number of hydrogen-bond acceptors (Lipinski definition) is 7. The van der Waals surface area contributed by atoms with Crippen LogP contribution in [0.1, 0.15) is 24.0 Å². The van der Waals surface area contributed by atoms with Crippen LogP contribution in [0.5, 0.6) is 17.4 Å². The maximum atomic E-state index is 9.74. The minimum absolute atomic E-state index is 0.0455. The highest BCUT2D eigenvalue weighted by atomic mass is 16.5. The van der Waals surface area contributed by atoms with E-state index in [-0.39, 0.29) is 5.88 Å². The van der Waals surface area contributed by atoms with Crippen LogP contribution in [-0.2, 0) is 0 Å². The molecule has 3 N–H and O–H groups in total. The number of nitriles is 1. The van der Waals surface area contributed by atoms with Gasteiger partial charge in [-0.2, -0.15) is 5.26 Å². The quantitative estimate of drug-likeness (QED) is 0.688. The maximum absolute atomic E-state index is 9.74. The lowest BCUT2D eigenvalue weighted by Gasteiger charge is -2.24. The minimum Gasteiger partial charge on any atom is -0.493 e. The Morgan fingerprint density at radius 2 is 2.03 bits per heavy atom. The smallest absolute Gasteiger partial charge is 0.244 e. The molecule has 8 heteroatoms. The summed E-state index contributed by atoms with van der Waals surface area (Å²) in [5.74, 6) is 1.20. The number of fused-ring (bicyclic) bond motifs is 1. The third kappa shape index (κ3) is 3.12. The van der Waals surface area contributed by atoms with Gasteiger partial charge in [0.1, 0.15) is 11.6 Å². The van der Waals surface area contributed by atoms with E-state index in [4.69, 9.17) is 19.9 Å². The van der Waals surface area contributed by atoms with Crippen molar-refractivity contribution in [1.29, 1.82) is 5.26 Å². The average molecular weight is 389 g/mol. The van der Waals surface area contributed by atoms with Gasteiger partial charge in [0.05, 0.1) is 30.9 Å². The molecule has 3 aromatic rings. The summed E-state index contributed by atoms with van der Waals surface area (Å²) in [5.41, 5.74) is 9.46. The van der Waals surface area contributed by atoms with Gasteiger partial charge in [0.25, 0.3) is 0 Å².